The Labute approximate surface area is 1070 Å². The van der Waals surface area contributed by atoms with Crippen molar-refractivity contribution in [2.75, 3.05) is 6.61 Å². The predicted octanol–water partition coefficient (Wildman–Crippen LogP) is 26.5. The van der Waals surface area contributed by atoms with Gasteiger partial charge in [-0.3, -0.25) is 4.98 Å². The van der Waals surface area contributed by atoms with Crippen molar-refractivity contribution in [1.29, 1.82) is 0 Å². The summed E-state index contributed by atoms with van der Waals surface area (Å²) in [7, 11) is 0. The van der Waals surface area contributed by atoms with E-state index in [9.17, 15) is 10.2 Å². The van der Waals surface area contributed by atoms with Crippen molar-refractivity contribution in [1.82, 2.24) is 9.97 Å². The maximum Gasteiger partial charge on any atom is 0.122 e. The Kier molecular flexibility index (Phi) is 121. The van der Waals surface area contributed by atoms with Crippen molar-refractivity contribution in [3.05, 3.63) is 289 Å². The van der Waals surface area contributed by atoms with Gasteiger partial charge in [0.05, 0.1) is 67.0 Å². The molecule has 6 aromatic carbocycles. The third-order valence-corrected chi connectivity index (χ3v) is 22.9. The maximum atomic E-state index is 9.59. The molecule has 0 aliphatic carbocycles. The number of fused-ring (bicyclic) bond motifs is 2. The van der Waals surface area contributed by atoms with Gasteiger partial charge in [-0.15, -0.1) is 18.6 Å². The first-order valence-electron chi connectivity index (χ1n) is 45.2. The average Bonchev–Trinajstić information content (AvgIpc) is 1.56. The van der Waals surface area contributed by atoms with Crippen LogP contribution in [0.5, 0.6) is 11.5 Å². The fraction of sp³-hybridized carbons (Fsp3) is 0.505. The number of nitrogens with zero attached hydrogens (tertiary/aromatic N) is 2. The molecule has 13 nitrogen and oxygen atoms in total. The van der Waals surface area contributed by atoms with E-state index < -0.39 is 24.4 Å². The Hall–Kier alpha value is 4.28. The molecule has 13 atom stereocenters. The molecule has 0 amide bonds. The van der Waals surface area contributed by atoms with Gasteiger partial charge in [0.25, 0.3) is 0 Å². The minimum Gasteiger partial charge on any atom is -0.546 e. The molecular weight excluding hydrogens is 3840 g/mol. The summed E-state index contributed by atoms with van der Waals surface area (Å²) in [6.07, 6.45) is 28.7. The van der Waals surface area contributed by atoms with Crippen LogP contribution in [-0.2, 0) is 398 Å². The van der Waals surface area contributed by atoms with E-state index in [0.29, 0.717) is 42.0 Å². The average molecular weight is 4000 g/mol. The topological polar surface area (TPSA) is 164 Å². The second kappa shape index (κ2) is 99.9. The maximum absolute atomic E-state index is 9.59. The van der Waals surface area contributed by atoms with Crippen LogP contribution in [0.25, 0.3) is 10.8 Å². The molecule has 759 valence electrons. The van der Waals surface area contributed by atoms with Crippen LogP contribution in [0.2, 0.25) is 0 Å². The van der Waals surface area contributed by atoms with Crippen LogP contribution in [-0.4, -0.2) is 111 Å². The first-order valence-corrected chi connectivity index (χ1v) is 46.9. The van der Waals surface area contributed by atoms with Gasteiger partial charge in [0, 0.05) is 346 Å². The minimum atomic E-state index is -0.815. The summed E-state index contributed by atoms with van der Waals surface area (Å²) < 4.78 is 42.9. The van der Waals surface area contributed by atoms with E-state index in [4.69, 9.17) is 42.7 Å². The number of benzene rings is 6. The molecule has 0 bridgehead atoms. The van der Waals surface area contributed by atoms with E-state index in [0.717, 1.165) is 143 Å². The molecule has 2 aromatic heterocycles. The normalized spacial score (nSPS) is 18.7. The Morgan fingerprint density at radius 1 is 0.537 bits per heavy atom. The SMILES string of the molecule is CC[C@H]1OC2C[CH-]O[C@H]2[C@@H]1O.[CH2-]CC(C)(C)CCC.[CH2-]CCc1ccc2ccc(CCCC)cc2c1.[CH2-]CCc1ccccc1OC(C)CC.[CH2-]CCc1ccccc1OCC(C)C.[CH2-][C@@H]1O[C@H](CC)[C@@H](O)[C@H]1O.[CH2-][C@H]1C=C[C@@H](CC)O1.[CH2-][C@H]1CC[C@@H](CC)O1.[CH2-]c1ccccc1Sc1ccccc1CC.[CH2-]c1nc(CC)co1.[CH2-]c1nc(CC)cs1.[W].[W].[W].[W].[W].[W].[W].[W].[W].[W].[W].[Y].[Y].[Y]. The van der Waals surface area contributed by atoms with Crippen molar-refractivity contribution in [2.24, 2.45) is 11.3 Å². The van der Waals surface area contributed by atoms with Crippen molar-refractivity contribution >= 4 is 33.9 Å². The molecule has 3 radical (unpaired) electrons. The van der Waals surface area contributed by atoms with Crippen LogP contribution >= 0.6 is 23.1 Å². The molecule has 3 N–H and O–H groups in total. The molecule has 7 heterocycles. The Morgan fingerprint density at radius 3 is 1.45 bits per heavy atom. The van der Waals surface area contributed by atoms with Gasteiger partial charge in [-0.05, 0) is 157 Å². The summed E-state index contributed by atoms with van der Waals surface area (Å²) in [5, 5.41) is 33.6. The van der Waals surface area contributed by atoms with E-state index in [1.165, 1.54) is 86.9 Å². The van der Waals surface area contributed by atoms with Crippen LogP contribution in [0.1, 0.15) is 262 Å². The van der Waals surface area contributed by atoms with Gasteiger partial charge in [-0.1, -0.05) is 268 Å². The minimum absolute atomic E-state index is 0. The smallest absolute Gasteiger partial charge is 0.122 e. The number of oxazole rings is 1. The quantitative estimate of drug-likeness (QED) is 0.0329. The van der Waals surface area contributed by atoms with Crippen LogP contribution in [0.4, 0.5) is 0 Å². The third-order valence-electron chi connectivity index (χ3n) is 20.9. The standard InChI is InChI=1S/C17H21.C15H15S.2C13H19O.C8H13O3.C8H17.C7H13O3.C7H13O.C7H11O.C6H8NO.C6H8NS.11W.3Y/c1-3-5-7-15-9-11-16-10-8-14(6-4-2)12-17(16)13-15;1-3-13-9-5-7-11-15(13)16-14-10-6-4-8-12(14)2;1-4-7-12-8-5-6-9-13(12)14-10-11(2)3;1-4-8-12-9-6-7-10-13(12)14-11(3)5-2;1-2-5-7(9)8-6(11-5)3-4-10-8;1-5-7-8(3,4)6-2;1-3-5-7(9)6(8)4(2)10-5;2*1-3-7-5-4-6(2)8-7;2*1-3-6-4-8-5(2)7-6;;;;;;;;;;;;;;/h8-13H,2-7H2,1H3;4-11H,2-3H2,1H3;5-6,8-9,11H,1,4,7,10H2,2-3H3;6-7,9-11H,1,4-5,8H2,2-3H3;4-9H,2-3H2,1H3;2,5-7H2,1,3-4H3;4-9H,2-3H2,1H3;6-7H,2-5H2,1H3;4-7H,2-3H2,1H3;2*4H,2-3H2,1H3;;;;;;;;;;;;;;/q11*-1;;;;;;;;;;;;;;/t;;;;5-,6?,7-,8-;;4-,5+,6-,7+;2*6-,7+;;;;;;;;;;;;;;;;/m....1.000................/s1. The summed E-state index contributed by atoms with van der Waals surface area (Å²) in [5.74, 6) is 3.11. The molecule has 5 aliphatic heterocycles. The second-order valence-electron chi connectivity index (χ2n) is 32.3. The van der Waals surface area contributed by atoms with Gasteiger partial charge in [0.15, 0.2) is 0 Å². The predicted molar refractivity (Wildman–Crippen MR) is 515 cm³/mol. The fourth-order valence-electron chi connectivity index (χ4n) is 13.1. The number of aromatic nitrogens is 2. The van der Waals surface area contributed by atoms with E-state index >= 15 is 0 Å². The zero-order valence-corrected chi connectivity index (χ0v) is 126. The summed E-state index contributed by atoms with van der Waals surface area (Å²) in [6.45, 7) is 72.4. The van der Waals surface area contributed by atoms with E-state index in [2.05, 4.69) is 265 Å². The third kappa shape index (κ3) is 69.8. The van der Waals surface area contributed by atoms with Crippen LogP contribution in [0, 0.1) is 87.2 Å². The van der Waals surface area contributed by atoms with Gasteiger partial charge in [-0.2, -0.15) is 67.3 Å². The van der Waals surface area contributed by atoms with Gasteiger partial charge < -0.3 is 115 Å². The first-order chi connectivity index (χ1) is 58.6. The molecular formula is C107H157N2O11S2W11Y3-11. The van der Waals surface area contributed by atoms with Gasteiger partial charge in [0.2, 0.25) is 0 Å². The summed E-state index contributed by atoms with van der Waals surface area (Å²) in [6, 6.07) is 46.9. The summed E-state index contributed by atoms with van der Waals surface area (Å²) in [5.41, 5.74) is 10.5. The molecule has 2 unspecified atom stereocenters. The molecule has 4 saturated heterocycles. The van der Waals surface area contributed by atoms with Crippen molar-refractivity contribution in [3.63, 3.8) is 0 Å². The number of hydrogen-bond acceptors (Lipinski definition) is 15. The Balaban J connectivity index is -0.000000124. The number of hydrogen-bond donors (Lipinski definition) is 3. The van der Waals surface area contributed by atoms with Crippen LogP contribution < -0.4 is 9.47 Å². The number of rotatable bonds is 27. The molecule has 136 heavy (non-hydrogen) atoms. The van der Waals surface area contributed by atoms with Crippen LogP contribution in [0.3, 0.4) is 0 Å². The molecule has 0 saturated carbocycles. The molecule has 8 aromatic rings. The number of aliphatic hydroxyl groups excluding tert-OH is 3. The number of aryl methyl sites for hydroxylation is 7. The second-order valence-corrected chi connectivity index (χ2v) is 34.3. The molecule has 29 heteroatoms. The fourth-order valence-corrected chi connectivity index (χ4v) is 14.8. The number of unbranched alkanes of at least 4 members (excludes halogenated alkanes) is 1. The Bertz CT molecular complexity index is 4020. The number of ether oxygens (including phenoxy) is 7. The molecule has 13 rings (SSSR count). The number of para-hydroxylation sites is 2. The Morgan fingerprint density at radius 2 is 1.07 bits per heavy atom. The molecule has 0 spiro atoms. The van der Waals surface area contributed by atoms with E-state index in [-0.39, 0.29) is 366 Å². The van der Waals surface area contributed by atoms with E-state index in [1.807, 2.05) is 68.6 Å². The van der Waals surface area contributed by atoms with Crippen molar-refractivity contribution in [3.8, 4) is 11.5 Å². The van der Waals surface area contributed by atoms with Gasteiger partial charge in [-0.25, -0.2) is 11.6 Å². The zero-order valence-electron chi connectivity index (χ0n) is 83.8. The van der Waals surface area contributed by atoms with E-state index in [1.54, 1.807) is 36.0 Å². The monoisotopic (exact) mass is 4000 g/mol. The molecule has 5 aliphatic rings. The number of aliphatic hydroxyl groups is 3. The first kappa shape index (κ1) is 165. The van der Waals surface area contributed by atoms with Gasteiger partial charge in [0.1, 0.15) is 30.0 Å². The van der Waals surface area contributed by atoms with Crippen molar-refractivity contribution < 1.29 is 383 Å². The van der Waals surface area contributed by atoms with Crippen molar-refractivity contribution in [2.45, 2.75) is 341 Å². The van der Waals surface area contributed by atoms with Gasteiger partial charge >= 0.3 is 0 Å². The van der Waals surface area contributed by atoms with Crippen LogP contribution in [0.15, 0.2) is 171 Å². The summed E-state index contributed by atoms with van der Waals surface area (Å²) in [4.78, 5) is 10.7. The largest absolute Gasteiger partial charge is 0.546 e. The number of thiazole rings is 1. The molecule has 4 fully saturated rings. The summed E-state index contributed by atoms with van der Waals surface area (Å²) >= 11 is 3.41. The zero-order chi connectivity index (χ0) is 90.4.